The lowest BCUT2D eigenvalue weighted by Crippen LogP contribution is -2.35. The Balaban J connectivity index is 1.81. The zero-order valence-corrected chi connectivity index (χ0v) is 14.1. The number of piperidine rings is 1. The molecule has 1 amide bonds. The van der Waals surface area contributed by atoms with E-state index >= 15 is 0 Å². The molecule has 0 aliphatic carbocycles. The summed E-state index contributed by atoms with van der Waals surface area (Å²) in [5, 5.41) is 7.05. The minimum atomic E-state index is -0.142. The highest BCUT2D eigenvalue weighted by molar-refractivity contribution is 5.99. The topological polar surface area (TPSA) is 62.5 Å². The second kappa shape index (κ2) is 6.66. The number of rotatable bonds is 4. The lowest BCUT2D eigenvalue weighted by molar-refractivity contribution is 0.0964. The highest BCUT2D eigenvalue weighted by Crippen LogP contribution is 2.28. The molecule has 0 radical (unpaired) electrons. The van der Waals surface area contributed by atoms with Gasteiger partial charge < -0.3 is 10.2 Å². The van der Waals surface area contributed by atoms with Gasteiger partial charge in [-0.15, -0.1) is 0 Å². The molecule has 3 heterocycles. The number of hydrogen-bond acceptors (Lipinski definition) is 4. The molecule has 0 saturated carbocycles. The fraction of sp³-hybridized carbons (Fsp3) is 0.588. The Kier molecular flexibility index (Phi) is 4.61. The van der Waals surface area contributed by atoms with Gasteiger partial charge >= 0.3 is 0 Å². The molecular formula is C17H25N5O. The normalized spacial score (nSPS) is 17.0. The Labute approximate surface area is 136 Å². The van der Waals surface area contributed by atoms with E-state index in [9.17, 15) is 4.79 Å². The molecule has 0 aromatic carbocycles. The van der Waals surface area contributed by atoms with E-state index in [2.05, 4.69) is 34.1 Å². The first kappa shape index (κ1) is 15.9. The molecule has 0 unspecified atom stereocenters. The van der Waals surface area contributed by atoms with Crippen molar-refractivity contribution in [2.45, 2.75) is 32.6 Å². The van der Waals surface area contributed by atoms with Gasteiger partial charge in [0.2, 0.25) is 0 Å². The third-order valence-electron chi connectivity index (χ3n) is 4.53. The summed E-state index contributed by atoms with van der Waals surface area (Å²) in [6.07, 6.45) is 5.65. The summed E-state index contributed by atoms with van der Waals surface area (Å²) >= 11 is 0. The largest absolute Gasteiger partial charge is 0.355 e. The van der Waals surface area contributed by atoms with Crippen LogP contribution < -0.4 is 5.32 Å². The maximum atomic E-state index is 11.9. The van der Waals surface area contributed by atoms with Crippen LogP contribution in [0.4, 0.5) is 0 Å². The Bertz CT molecular complexity index is 685. The van der Waals surface area contributed by atoms with Crippen molar-refractivity contribution in [1.82, 2.24) is 24.8 Å². The summed E-state index contributed by atoms with van der Waals surface area (Å²) in [5.74, 6) is 1.04. The lowest BCUT2D eigenvalue weighted by atomic mass is 9.93. The zero-order valence-electron chi connectivity index (χ0n) is 14.1. The monoisotopic (exact) mass is 315 g/mol. The molecule has 6 heteroatoms. The van der Waals surface area contributed by atoms with Crippen LogP contribution in [-0.4, -0.2) is 52.1 Å². The Morgan fingerprint density at radius 2 is 2.13 bits per heavy atom. The van der Waals surface area contributed by atoms with Crippen molar-refractivity contribution >= 4 is 11.6 Å². The van der Waals surface area contributed by atoms with E-state index in [-0.39, 0.29) is 5.91 Å². The zero-order chi connectivity index (χ0) is 16.4. The molecule has 23 heavy (non-hydrogen) atoms. The standard InChI is InChI=1S/C17H25N5O/c1-12(2)11-21-8-5-13(6-9-21)15-4-7-19-16-14(17(23)18-3)10-20-22(15)16/h4,7,10,12-13H,5-6,8-9,11H2,1-3H3,(H,18,23). The number of aromatic nitrogens is 3. The Morgan fingerprint density at radius 1 is 1.39 bits per heavy atom. The Hall–Kier alpha value is -1.95. The molecule has 1 N–H and O–H groups in total. The summed E-state index contributed by atoms with van der Waals surface area (Å²) in [4.78, 5) is 18.8. The van der Waals surface area contributed by atoms with Crippen LogP contribution in [-0.2, 0) is 0 Å². The smallest absolute Gasteiger partial charge is 0.256 e. The van der Waals surface area contributed by atoms with Crippen LogP contribution >= 0.6 is 0 Å². The molecule has 0 spiro atoms. The minimum Gasteiger partial charge on any atom is -0.355 e. The summed E-state index contributed by atoms with van der Waals surface area (Å²) in [6, 6.07) is 2.04. The van der Waals surface area contributed by atoms with Crippen molar-refractivity contribution < 1.29 is 4.79 Å². The summed E-state index contributed by atoms with van der Waals surface area (Å²) < 4.78 is 1.84. The molecule has 6 nitrogen and oxygen atoms in total. The number of amides is 1. The number of carbonyl (C=O) groups is 1. The van der Waals surface area contributed by atoms with Gasteiger partial charge in [0.05, 0.1) is 6.20 Å². The van der Waals surface area contributed by atoms with E-state index in [4.69, 9.17) is 0 Å². The Morgan fingerprint density at radius 3 is 2.78 bits per heavy atom. The number of fused-ring (bicyclic) bond motifs is 1. The highest BCUT2D eigenvalue weighted by atomic mass is 16.1. The quantitative estimate of drug-likeness (QED) is 0.936. The van der Waals surface area contributed by atoms with Crippen molar-refractivity contribution in [3.63, 3.8) is 0 Å². The van der Waals surface area contributed by atoms with Gasteiger partial charge in [0.15, 0.2) is 5.65 Å². The van der Waals surface area contributed by atoms with E-state index in [0.717, 1.165) is 31.6 Å². The van der Waals surface area contributed by atoms with Gasteiger partial charge in [-0.1, -0.05) is 13.8 Å². The lowest BCUT2D eigenvalue weighted by Gasteiger charge is -2.33. The first-order valence-electron chi connectivity index (χ1n) is 8.37. The predicted molar refractivity (Wildman–Crippen MR) is 89.6 cm³/mol. The molecular weight excluding hydrogens is 290 g/mol. The third-order valence-corrected chi connectivity index (χ3v) is 4.53. The second-order valence-corrected chi connectivity index (χ2v) is 6.71. The van der Waals surface area contributed by atoms with E-state index < -0.39 is 0 Å². The number of likely N-dealkylation sites (tertiary alicyclic amines) is 1. The van der Waals surface area contributed by atoms with Crippen LogP contribution in [0, 0.1) is 5.92 Å². The summed E-state index contributed by atoms with van der Waals surface area (Å²) in [6.45, 7) is 7.94. The van der Waals surface area contributed by atoms with Gasteiger partial charge in [-0.2, -0.15) is 5.10 Å². The molecule has 2 aromatic heterocycles. The second-order valence-electron chi connectivity index (χ2n) is 6.71. The molecule has 0 bridgehead atoms. The van der Waals surface area contributed by atoms with E-state index in [0.29, 0.717) is 23.0 Å². The van der Waals surface area contributed by atoms with Crippen LogP contribution in [0.1, 0.15) is 48.7 Å². The van der Waals surface area contributed by atoms with E-state index in [1.54, 1.807) is 19.4 Å². The van der Waals surface area contributed by atoms with Gasteiger partial charge in [-0.05, 0) is 37.9 Å². The average molecular weight is 315 g/mol. The van der Waals surface area contributed by atoms with Gasteiger partial charge in [-0.25, -0.2) is 9.50 Å². The summed E-state index contributed by atoms with van der Waals surface area (Å²) in [5.41, 5.74) is 2.34. The molecule has 3 rings (SSSR count). The number of nitrogens with one attached hydrogen (secondary N) is 1. The predicted octanol–water partition coefficient (Wildman–Crippen LogP) is 1.92. The molecule has 1 fully saturated rings. The molecule has 1 aliphatic rings. The molecule has 124 valence electrons. The van der Waals surface area contributed by atoms with Crippen molar-refractivity contribution in [2.24, 2.45) is 5.92 Å². The van der Waals surface area contributed by atoms with Crippen molar-refractivity contribution in [2.75, 3.05) is 26.7 Å². The first-order chi connectivity index (χ1) is 11.1. The van der Waals surface area contributed by atoms with Gasteiger partial charge in [-0.3, -0.25) is 4.79 Å². The fourth-order valence-electron chi connectivity index (χ4n) is 3.44. The molecule has 1 saturated heterocycles. The van der Waals surface area contributed by atoms with Crippen molar-refractivity contribution in [1.29, 1.82) is 0 Å². The number of carbonyl (C=O) groups excluding carboxylic acids is 1. The average Bonchev–Trinajstić information content (AvgIpc) is 2.98. The fourth-order valence-corrected chi connectivity index (χ4v) is 3.44. The SMILES string of the molecule is CNC(=O)c1cnn2c(C3CCN(CC(C)C)CC3)ccnc12. The van der Waals surface area contributed by atoms with Gasteiger partial charge in [0, 0.05) is 31.4 Å². The van der Waals surface area contributed by atoms with Crippen molar-refractivity contribution in [3.8, 4) is 0 Å². The highest BCUT2D eigenvalue weighted by Gasteiger charge is 2.24. The van der Waals surface area contributed by atoms with E-state index in [1.807, 2.05) is 10.6 Å². The van der Waals surface area contributed by atoms with Gasteiger partial charge in [0.25, 0.3) is 5.91 Å². The maximum absolute atomic E-state index is 11.9. The molecule has 1 aliphatic heterocycles. The van der Waals surface area contributed by atoms with Crippen LogP contribution in [0.3, 0.4) is 0 Å². The first-order valence-corrected chi connectivity index (χ1v) is 8.37. The third kappa shape index (κ3) is 3.22. The van der Waals surface area contributed by atoms with Crippen molar-refractivity contribution in [3.05, 3.63) is 29.7 Å². The molecule has 2 aromatic rings. The van der Waals surface area contributed by atoms with Crippen LogP contribution in [0.2, 0.25) is 0 Å². The summed E-state index contributed by atoms with van der Waals surface area (Å²) in [7, 11) is 1.63. The van der Waals surface area contributed by atoms with Crippen LogP contribution in [0.15, 0.2) is 18.5 Å². The van der Waals surface area contributed by atoms with Crippen LogP contribution in [0.25, 0.3) is 5.65 Å². The maximum Gasteiger partial charge on any atom is 0.256 e. The van der Waals surface area contributed by atoms with Gasteiger partial charge in [0.1, 0.15) is 5.56 Å². The minimum absolute atomic E-state index is 0.142. The number of nitrogens with zero attached hydrogens (tertiary/aromatic N) is 4. The van der Waals surface area contributed by atoms with E-state index in [1.165, 1.54) is 6.54 Å². The number of hydrogen-bond donors (Lipinski definition) is 1. The van der Waals surface area contributed by atoms with Crippen LogP contribution in [0.5, 0.6) is 0 Å². The molecule has 0 atom stereocenters.